The van der Waals surface area contributed by atoms with Crippen LogP contribution in [-0.4, -0.2) is 12.7 Å². The molecular formula is C11H18O. The SMILES string of the molecule is C1CC2CCC3OCCC3C2C1. The lowest BCUT2D eigenvalue weighted by Crippen LogP contribution is -2.32. The van der Waals surface area contributed by atoms with E-state index in [-0.39, 0.29) is 0 Å². The van der Waals surface area contributed by atoms with E-state index in [1.807, 2.05) is 0 Å². The highest BCUT2D eigenvalue weighted by Crippen LogP contribution is 2.49. The first kappa shape index (κ1) is 7.37. The van der Waals surface area contributed by atoms with Gasteiger partial charge in [0.05, 0.1) is 6.10 Å². The van der Waals surface area contributed by atoms with E-state index < -0.39 is 0 Å². The fourth-order valence-electron chi connectivity index (χ4n) is 3.82. The van der Waals surface area contributed by atoms with Gasteiger partial charge >= 0.3 is 0 Å². The molecule has 0 radical (unpaired) electrons. The van der Waals surface area contributed by atoms with E-state index in [2.05, 4.69) is 0 Å². The van der Waals surface area contributed by atoms with Gasteiger partial charge in [-0.15, -0.1) is 0 Å². The summed E-state index contributed by atoms with van der Waals surface area (Å²) in [4.78, 5) is 0. The maximum absolute atomic E-state index is 5.77. The highest BCUT2D eigenvalue weighted by Gasteiger charge is 2.44. The minimum atomic E-state index is 0.671. The molecule has 12 heavy (non-hydrogen) atoms. The maximum Gasteiger partial charge on any atom is 0.0607 e. The van der Waals surface area contributed by atoms with Gasteiger partial charge in [0.25, 0.3) is 0 Å². The van der Waals surface area contributed by atoms with E-state index in [0.717, 1.165) is 24.4 Å². The molecule has 0 aromatic carbocycles. The third-order valence-corrected chi connectivity index (χ3v) is 4.35. The fraction of sp³-hybridized carbons (Fsp3) is 1.00. The second-order valence-corrected chi connectivity index (χ2v) is 4.79. The van der Waals surface area contributed by atoms with Gasteiger partial charge in [0, 0.05) is 6.61 Å². The second kappa shape index (κ2) is 2.73. The molecule has 3 fully saturated rings. The Balaban J connectivity index is 1.81. The van der Waals surface area contributed by atoms with Crippen LogP contribution in [0.4, 0.5) is 0 Å². The van der Waals surface area contributed by atoms with Crippen LogP contribution in [0.1, 0.15) is 38.5 Å². The van der Waals surface area contributed by atoms with Crippen LogP contribution in [0, 0.1) is 17.8 Å². The van der Waals surface area contributed by atoms with Crippen LogP contribution in [0.3, 0.4) is 0 Å². The van der Waals surface area contributed by atoms with Crippen LogP contribution >= 0.6 is 0 Å². The second-order valence-electron chi connectivity index (χ2n) is 4.79. The summed E-state index contributed by atoms with van der Waals surface area (Å²) in [5.74, 6) is 3.12. The van der Waals surface area contributed by atoms with Gasteiger partial charge in [-0.1, -0.05) is 12.8 Å². The maximum atomic E-state index is 5.77. The van der Waals surface area contributed by atoms with E-state index >= 15 is 0 Å². The molecule has 3 rings (SSSR count). The highest BCUT2D eigenvalue weighted by atomic mass is 16.5. The number of hydrogen-bond donors (Lipinski definition) is 0. The van der Waals surface area contributed by atoms with Crippen molar-refractivity contribution in [3.05, 3.63) is 0 Å². The van der Waals surface area contributed by atoms with E-state index in [0.29, 0.717) is 6.10 Å². The number of ether oxygens (including phenoxy) is 1. The van der Waals surface area contributed by atoms with E-state index in [1.165, 1.54) is 38.5 Å². The normalized spacial score (nSPS) is 52.0. The third kappa shape index (κ3) is 0.953. The lowest BCUT2D eigenvalue weighted by Gasteiger charge is -2.35. The molecule has 0 amide bonds. The van der Waals surface area contributed by atoms with Gasteiger partial charge in [-0.25, -0.2) is 0 Å². The van der Waals surface area contributed by atoms with Gasteiger partial charge in [0.15, 0.2) is 0 Å². The van der Waals surface area contributed by atoms with Gasteiger partial charge in [0.2, 0.25) is 0 Å². The Morgan fingerprint density at radius 1 is 0.833 bits per heavy atom. The molecule has 1 heteroatoms. The van der Waals surface area contributed by atoms with Crippen molar-refractivity contribution in [1.29, 1.82) is 0 Å². The first-order valence-corrected chi connectivity index (χ1v) is 5.57. The van der Waals surface area contributed by atoms with E-state index in [1.54, 1.807) is 0 Å². The minimum Gasteiger partial charge on any atom is -0.378 e. The predicted octanol–water partition coefficient (Wildman–Crippen LogP) is 2.60. The average molecular weight is 166 g/mol. The molecule has 4 atom stereocenters. The van der Waals surface area contributed by atoms with Crippen molar-refractivity contribution in [3.63, 3.8) is 0 Å². The summed E-state index contributed by atoms with van der Waals surface area (Å²) in [6.45, 7) is 1.05. The van der Waals surface area contributed by atoms with Crippen LogP contribution in [-0.2, 0) is 4.74 Å². The van der Waals surface area contributed by atoms with Crippen LogP contribution in [0.2, 0.25) is 0 Å². The fourth-order valence-corrected chi connectivity index (χ4v) is 3.82. The van der Waals surface area contributed by atoms with E-state index in [9.17, 15) is 0 Å². The topological polar surface area (TPSA) is 9.23 Å². The Morgan fingerprint density at radius 3 is 2.83 bits per heavy atom. The van der Waals surface area contributed by atoms with Crippen molar-refractivity contribution in [2.45, 2.75) is 44.6 Å². The average Bonchev–Trinajstić information content (AvgIpc) is 2.71. The zero-order valence-electron chi connectivity index (χ0n) is 7.67. The van der Waals surface area contributed by atoms with Gasteiger partial charge < -0.3 is 4.74 Å². The quantitative estimate of drug-likeness (QED) is 0.537. The molecule has 1 nitrogen and oxygen atoms in total. The zero-order valence-corrected chi connectivity index (χ0v) is 7.67. The Bertz CT molecular complexity index is 158. The Labute approximate surface area is 74.5 Å². The summed E-state index contributed by atoms with van der Waals surface area (Å²) in [6.07, 6.45) is 9.40. The van der Waals surface area contributed by atoms with Crippen LogP contribution in [0.15, 0.2) is 0 Å². The van der Waals surface area contributed by atoms with Gasteiger partial charge in [-0.3, -0.25) is 0 Å². The summed E-state index contributed by atoms with van der Waals surface area (Å²) in [6, 6.07) is 0. The Kier molecular flexibility index (Phi) is 1.68. The largest absolute Gasteiger partial charge is 0.378 e. The Morgan fingerprint density at radius 2 is 1.83 bits per heavy atom. The van der Waals surface area contributed by atoms with Crippen molar-refractivity contribution in [3.8, 4) is 0 Å². The van der Waals surface area contributed by atoms with Gasteiger partial charge in [0.1, 0.15) is 0 Å². The molecule has 0 aromatic rings. The molecule has 2 aliphatic carbocycles. The molecule has 68 valence electrons. The van der Waals surface area contributed by atoms with Crippen LogP contribution in [0.5, 0.6) is 0 Å². The predicted molar refractivity (Wildman–Crippen MR) is 47.9 cm³/mol. The zero-order chi connectivity index (χ0) is 7.97. The molecule has 3 aliphatic rings. The highest BCUT2D eigenvalue weighted by molar-refractivity contribution is 4.93. The third-order valence-electron chi connectivity index (χ3n) is 4.35. The lowest BCUT2D eigenvalue weighted by atomic mass is 9.72. The molecular weight excluding hydrogens is 148 g/mol. The molecule has 4 unspecified atom stereocenters. The number of fused-ring (bicyclic) bond motifs is 3. The van der Waals surface area contributed by atoms with Crippen molar-refractivity contribution in [2.24, 2.45) is 17.8 Å². The summed E-state index contributed by atoms with van der Waals surface area (Å²) in [7, 11) is 0. The molecule has 2 saturated carbocycles. The van der Waals surface area contributed by atoms with Crippen LogP contribution in [0.25, 0.3) is 0 Å². The molecule has 0 N–H and O–H groups in total. The summed E-state index contributed by atoms with van der Waals surface area (Å²) < 4.78 is 5.77. The smallest absolute Gasteiger partial charge is 0.0607 e. The summed E-state index contributed by atoms with van der Waals surface area (Å²) in [5, 5.41) is 0. The molecule has 1 saturated heterocycles. The summed E-state index contributed by atoms with van der Waals surface area (Å²) >= 11 is 0. The standard InChI is InChI=1S/C11H18O/c1-2-8-4-5-11-10(6-7-12-11)9(8)3-1/h8-11H,1-7H2. The van der Waals surface area contributed by atoms with Crippen molar-refractivity contribution >= 4 is 0 Å². The molecule has 0 bridgehead atoms. The van der Waals surface area contributed by atoms with Gasteiger partial charge in [-0.2, -0.15) is 0 Å². The number of rotatable bonds is 0. The monoisotopic (exact) mass is 166 g/mol. The summed E-state index contributed by atoms with van der Waals surface area (Å²) in [5.41, 5.74) is 0. The molecule has 1 heterocycles. The molecule has 0 spiro atoms. The molecule has 0 aromatic heterocycles. The van der Waals surface area contributed by atoms with Crippen molar-refractivity contribution in [1.82, 2.24) is 0 Å². The van der Waals surface area contributed by atoms with Crippen molar-refractivity contribution in [2.75, 3.05) is 6.61 Å². The van der Waals surface area contributed by atoms with Gasteiger partial charge in [-0.05, 0) is 43.4 Å². The van der Waals surface area contributed by atoms with E-state index in [4.69, 9.17) is 4.74 Å². The first-order valence-electron chi connectivity index (χ1n) is 5.57. The lowest BCUT2D eigenvalue weighted by molar-refractivity contribution is 0.0284. The van der Waals surface area contributed by atoms with Crippen LogP contribution < -0.4 is 0 Å². The minimum absolute atomic E-state index is 0.671. The number of hydrogen-bond acceptors (Lipinski definition) is 1. The first-order chi connectivity index (χ1) is 5.95. The van der Waals surface area contributed by atoms with Crippen molar-refractivity contribution < 1.29 is 4.74 Å². The Hall–Kier alpha value is -0.0400. The molecule has 1 aliphatic heterocycles.